The van der Waals surface area contributed by atoms with Crippen LogP contribution in [0.3, 0.4) is 0 Å². The highest BCUT2D eigenvalue weighted by atomic mass is 35.5. The third kappa shape index (κ3) is 5.17. The molecule has 7 heteroatoms. The van der Waals surface area contributed by atoms with Crippen LogP contribution in [0.25, 0.3) is 0 Å². The zero-order chi connectivity index (χ0) is 17.5. The van der Waals surface area contributed by atoms with Crippen molar-refractivity contribution in [3.8, 4) is 0 Å². The van der Waals surface area contributed by atoms with Gasteiger partial charge in [0.25, 0.3) is 6.54 Å². The van der Waals surface area contributed by atoms with Gasteiger partial charge in [-0.15, -0.1) is 0 Å². The molecule has 0 atom stereocenters. The summed E-state index contributed by atoms with van der Waals surface area (Å²) in [5, 5.41) is 13.1. The molecular weight excluding hydrogens is 332 g/mol. The number of carbonyl (C=O) groups is 2. The van der Waals surface area contributed by atoms with Gasteiger partial charge in [0.15, 0.2) is 0 Å². The molecule has 0 fully saturated rings. The maximum atomic E-state index is 11.9. The van der Waals surface area contributed by atoms with E-state index < -0.39 is 17.3 Å². The minimum atomic E-state index is -0.822. The second-order valence-electron chi connectivity index (χ2n) is 4.98. The first-order valence-electron chi connectivity index (χ1n) is 7.08. The van der Waals surface area contributed by atoms with Gasteiger partial charge in [0.1, 0.15) is 0 Å². The van der Waals surface area contributed by atoms with Crippen LogP contribution in [0, 0.1) is 16.5 Å². The van der Waals surface area contributed by atoms with E-state index in [0.717, 1.165) is 5.56 Å². The number of anilines is 1. The Kier molecular flexibility index (Phi) is 6.03. The van der Waals surface area contributed by atoms with Gasteiger partial charge in [0.05, 0.1) is 5.02 Å². The molecular formula is C17H14ClN2O4. The Bertz CT molecular complexity index is 762. The number of Topliss-reactive ketones (excluding diaryl/α,β-unsaturated/α-hetero) is 1. The summed E-state index contributed by atoms with van der Waals surface area (Å²) in [4.78, 5) is 33.2. The predicted molar refractivity (Wildman–Crippen MR) is 90.7 cm³/mol. The average molecular weight is 346 g/mol. The van der Waals surface area contributed by atoms with Crippen LogP contribution in [0.5, 0.6) is 0 Å². The molecule has 24 heavy (non-hydrogen) atoms. The quantitative estimate of drug-likeness (QED) is 0.473. The molecule has 0 saturated heterocycles. The molecule has 1 radical (unpaired) electrons. The predicted octanol–water partition coefficient (Wildman–Crippen LogP) is 3.38. The van der Waals surface area contributed by atoms with Crippen molar-refractivity contribution >= 4 is 29.0 Å². The first-order valence-corrected chi connectivity index (χ1v) is 7.46. The zero-order valence-electron chi connectivity index (χ0n) is 12.6. The lowest BCUT2D eigenvalue weighted by Crippen LogP contribution is -2.15. The van der Waals surface area contributed by atoms with E-state index in [4.69, 9.17) is 11.6 Å². The Morgan fingerprint density at radius 2 is 1.88 bits per heavy atom. The summed E-state index contributed by atoms with van der Waals surface area (Å²) in [6.07, 6.45) is 1.97. The first-order chi connectivity index (χ1) is 11.5. The van der Waals surface area contributed by atoms with Crippen LogP contribution >= 0.6 is 11.6 Å². The van der Waals surface area contributed by atoms with E-state index in [1.807, 2.05) is 30.3 Å². The standard InChI is InChI=1S/C17H14ClN2O4/c18-15-10-13(7-8-14(15)16(21)11-20(23)24)19-17(22)9-6-12-4-2-1-3-5-12/h1-8,10H,9,11H2,(H,19,22). The van der Waals surface area contributed by atoms with Crippen molar-refractivity contribution in [2.24, 2.45) is 0 Å². The van der Waals surface area contributed by atoms with Crippen molar-refractivity contribution in [3.63, 3.8) is 0 Å². The summed E-state index contributed by atoms with van der Waals surface area (Å²) in [5.41, 5.74) is 1.41. The Labute approximate surface area is 143 Å². The van der Waals surface area contributed by atoms with Crippen molar-refractivity contribution in [3.05, 3.63) is 81.2 Å². The molecule has 6 nitrogen and oxygen atoms in total. The zero-order valence-corrected chi connectivity index (χ0v) is 13.3. The van der Waals surface area contributed by atoms with Crippen molar-refractivity contribution in [1.29, 1.82) is 0 Å². The second-order valence-corrected chi connectivity index (χ2v) is 5.38. The average Bonchev–Trinajstić information content (AvgIpc) is 2.53. The molecule has 2 aromatic carbocycles. The van der Waals surface area contributed by atoms with E-state index in [-0.39, 0.29) is 22.9 Å². The minimum Gasteiger partial charge on any atom is -0.326 e. The highest BCUT2D eigenvalue weighted by Crippen LogP contribution is 2.22. The van der Waals surface area contributed by atoms with E-state index in [2.05, 4.69) is 5.32 Å². The molecule has 1 amide bonds. The van der Waals surface area contributed by atoms with Gasteiger partial charge in [-0.3, -0.25) is 19.7 Å². The molecule has 2 rings (SSSR count). The Morgan fingerprint density at radius 1 is 1.17 bits per heavy atom. The minimum absolute atomic E-state index is 0.0576. The SMILES string of the molecule is O=C(C[CH]c1ccccc1)Nc1ccc(C(=O)C[N+](=O)[O-])c(Cl)c1. The molecule has 0 heterocycles. The van der Waals surface area contributed by atoms with Gasteiger partial charge < -0.3 is 5.32 Å². The molecule has 0 spiro atoms. The number of halogens is 1. The van der Waals surface area contributed by atoms with Crippen LogP contribution in [-0.4, -0.2) is 23.2 Å². The summed E-state index contributed by atoms with van der Waals surface area (Å²) in [6.45, 7) is -0.822. The summed E-state index contributed by atoms with van der Waals surface area (Å²) >= 11 is 5.96. The van der Waals surface area contributed by atoms with Crippen LogP contribution in [0.2, 0.25) is 5.02 Å². The number of nitrogens with one attached hydrogen (secondary N) is 1. The van der Waals surface area contributed by atoms with Crippen molar-refractivity contribution < 1.29 is 14.5 Å². The third-order valence-corrected chi connectivity index (χ3v) is 3.46. The molecule has 2 aromatic rings. The summed E-state index contributed by atoms with van der Waals surface area (Å²) in [5.74, 6) is -0.917. The number of nitro groups is 1. The van der Waals surface area contributed by atoms with Gasteiger partial charge in [-0.05, 0) is 30.2 Å². The van der Waals surface area contributed by atoms with Crippen LogP contribution in [0.1, 0.15) is 22.3 Å². The van der Waals surface area contributed by atoms with E-state index in [9.17, 15) is 19.7 Å². The summed E-state index contributed by atoms with van der Waals surface area (Å²) in [6, 6.07) is 13.7. The van der Waals surface area contributed by atoms with Crippen molar-refractivity contribution in [2.75, 3.05) is 11.9 Å². The fraction of sp³-hybridized carbons (Fsp3) is 0.118. The van der Waals surface area contributed by atoms with E-state index in [1.54, 1.807) is 6.42 Å². The molecule has 0 unspecified atom stereocenters. The van der Waals surface area contributed by atoms with Crippen molar-refractivity contribution in [2.45, 2.75) is 6.42 Å². The number of hydrogen-bond acceptors (Lipinski definition) is 4. The van der Waals surface area contributed by atoms with Gasteiger partial charge >= 0.3 is 0 Å². The van der Waals surface area contributed by atoms with Gasteiger partial charge in [-0.1, -0.05) is 41.9 Å². The molecule has 0 aromatic heterocycles. The Morgan fingerprint density at radius 3 is 2.50 bits per heavy atom. The topological polar surface area (TPSA) is 89.3 Å². The van der Waals surface area contributed by atoms with E-state index >= 15 is 0 Å². The van der Waals surface area contributed by atoms with Crippen LogP contribution in [0.4, 0.5) is 5.69 Å². The number of amides is 1. The normalized spacial score (nSPS) is 10.2. The van der Waals surface area contributed by atoms with E-state index in [0.29, 0.717) is 5.69 Å². The van der Waals surface area contributed by atoms with Crippen LogP contribution in [-0.2, 0) is 4.79 Å². The summed E-state index contributed by atoms with van der Waals surface area (Å²) < 4.78 is 0. The van der Waals surface area contributed by atoms with Crippen LogP contribution in [0.15, 0.2) is 48.5 Å². The number of hydrogen-bond donors (Lipinski definition) is 1. The maximum absolute atomic E-state index is 11.9. The molecule has 0 aliphatic rings. The van der Waals surface area contributed by atoms with Gasteiger partial charge in [-0.2, -0.15) is 0 Å². The lowest BCUT2D eigenvalue weighted by atomic mass is 10.1. The van der Waals surface area contributed by atoms with Gasteiger partial charge in [0.2, 0.25) is 11.7 Å². The Balaban J connectivity index is 1.95. The molecule has 1 N–H and O–H groups in total. The number of carbonyl (C=O) groups excluding carboxylic acids is 2. The number of ketones is 1. The highest BCUT2D eigenvalue weighted by Gasteiger charge is 2.16. The monoisotopic (exact) mass is 345 g/mol. The molecule has 0 bridgehead atoms. The molecule has 0 aliphatic heterocycles. The summed E-state index contributed by atoms with van der Waals surface area (Å²) in [7, 11) is 0. The van der Waals surface area contributed by atoms with Gasteiger partial charge in [0, 0.05) is 22.6 Å². The van der Waals surface area contributed by atoms with Gasteiger partial charge in [-0.25, -0.2) is 0 Å². The number of nitrogens with zero attached hydrogens (tertiary/aromatic N) is 1. The maximum Gasteiger partial charge on any atom is 0.265 e. The Hall–Kier alpha value is -2.73. The van der Waals surface area contributed by atoms with Crippen molar-refractivity contribution in [1.82, 2.24) is 0 Å². The van der Waals surface area contributed by atoms with E-state index in [1.165, 1.54) is 18.2 Å². The smallest absolute Gasteiger partial charge is 0.265 e. The third-order valence-electron chi connectivity index (χ3n) is 3.15. The largest absolute Gasteiger partial charge is 0.326 e. The number of rotatable bonds is 7. The highest BCUT2D eigenvalue weighted by molar-refractivity contribution is 6.34. The first kappa shape index (κ1) is 17.6. The fourth-order valence-electron chi connectivity index (χ4n) is 2.03. The number of benzene rings is 2. The lowest BCUT2D eigenvalue weighted by Gasteiger charge is -2.07. The molecule has 0 aliphatic carbocycles. The van der Waals surface area contributed by atoms with Crippen LogP contribution < -0.4 is 5.32 Å². The second kappa shape index (κ2) is 8.21. The fourth-order valence-corrected chi connectivity index (χ4v) is 2.32. The molecule has 123 valence electrons. The molecule has 0 saturated carbocycles. The lowest BCUT2D eigenvalue weighted by molar-refractivity contribution is -0.465.